The molecule has 0 N–H and O–H groups in total. The van der Waals surface area contributed by atoms with Gasteiger partial charge in [-0.15, -0.1) is 0 Å². The number of thiol groups is 1. The normalized spacial score (nSPS) is 27.0. The molecule has 0 atom stereocenters. The summed E-state index contributed by atoms with van der Waals surface area (Å²) in [7, 11) is -0.732. The van der Waals surface area contributed by atoms with Crippen LogP contribution >= 0.6 is 10.9 Å². The van der Waals surface area contributed by atoms with Crippen LogP contribution in [0.4, 0.5) is 0 Å². The predicted octanol–water partition coefficient (Wildman–Crippen LogP) is 9.20. The highest BCUT2D eigenvalue weighted by atomic mass is 32.2. The fourth-order valence-electron chi connectivity index (χ4n) is 8.09. The van der Waals surface area contributed by atoms with Gasteiger partial charge in [0, 0.05) is 9.79 Å². The third kappa shape index (κ3) is 4.96. The van der Waals surface area contributed by atoms with Gasteiger partial charge in [-0.25, -0.2) is 4.79 Å². The molecule has 0 saturated heterocycles. The fourth-order valence-corrected chi connectivity index (χ4v) is 10.5. The number of benzene rings is 4. The molecule has 5 aliphatic rings. The summed E-state index contributed by atoms with van der Waals surface area (Å²) in [5.74, 6) is 6.34. The van der Waals surface area contributed by atoms with Crippen molar-refractivity contribution in [3.05, 3.63) is 97.1 Å². The van der Waals surface area contributed by atoms with Crippen molar-refractivity contribution in [2.24, 2.45) is 23.7 Å². The van der Waals surface area contributed by atoms with Crippen molar-refractivity contribution in [1.82, 2.24) is 0 Å². The smallest absolute Gasteiger partial charge is 0.344 e. The van der Waals surface area contributed by atoms with Crippen molar-refractivity contribution in [2.45, 2.75) is 59.3 Å². The predicted molar refractivity (Wildman–Crippen MR) is 167 cm³/mol. The molecule has 4 saturated carbocycles. The third-order valence-corrected chi connectivity index (χ3v) is 12.6. The van der Waals surface area contributed by atoms with Gasteiger partial charge in [0.05, 0.1) is 0 Å². The Kier molecular flexibility index (Phi) is 6.63. The molecule has 4 bridgehead atoms. The molecule has 6 heteroatoms. The topological polar surface area (TPSA) is 54.0 Å². The van der Waals surface area contributed by atoms with Gasteiger partial charge in [-0.1, -0.05) is 24.3 Å². The van der Waals surface area contributed by atoms with E-state index in [1.165, 1.54) is 46.8 Å². The van der Waals surface area contributed by atoms with Crippen LogP contribution in [0.25, 0.3) is 0 Å². The zero-order valence-electron chi connectivity index (χ0n) is 24.3. The van der Waals surface area contributed by atoms with Gasteiger partial charge in [-0.05, 0) is 140 Å². The monoisotopic (exact) mass is 592 g/mol. The van der Waals surface area contributed by atoms with E-state index in [1.54, 1.807) is 0 Å². The molecule has 4 aromatic carbocycles. The molecular formula is C37H36O5S. The lowest BCUT2D eigenvalue weighted by atomic mass is 9.50. The molecular weight excluding hydrogens is 556 g/mol. The Morgan fingerprint density at radius 1 is 0.721 bits per heavy atom. The molecule has 0 spiro atoms. The number of carbonyl (C=O) groups excluding carboxylic acids is 1. The Hall–Kier alpha value is -3.90. The first-order valence-electron chi connectivity index (χ1n) is 15.4. The zero-order chi connectivity index (χ0) is 29.0. The van der Waals surface area contributed by atoms with Gasteiger partial charge in [0.1, 0.15) is 34.3 Å². The number of rotatable bonds is 7. The summed E-state index contributed by atoms with van der Waals surface area (Å²) >= 11 is 0. The summed E-state index contributed by atoms with van der Waals surface area (Å²) in [6.07, 6.45) is 6.22. The highest BCUT2D eigenvalue weighted by Gasteiger charge is 2.57. The first kappa shape index (κ1) is 26.7. The summed E-state index contributed by atoms with van der Waals surface area (Å²) in [6, 6.07) is 32.3. The minimum Gasteiger partial charge on any atom is -0.482 e. The van der Waals surface area contributed by atoms with Crippen molar-refractivity contribution < 1.29 is 23.7 Å². The van der Waals surface area contributed by atoms with Gasteiger partial charge >= 0.3 is 5.97 Å². The third-order valence-electron chi connectivity index (χ3n) is 10.0. The second-order valence-corrected chi connectivity index (χ2v) is 14.8. The van der Waals surface area contributed by atoms with E-state index < -0.39 is 10.9 Å². The van der Waals surface area contributed by atoms with Crippen molar-refractivity contribution >= 4 is 16.9 Å². The van der Waals surface area contributed by atoms with Gasteiger partial charge in [0.15, 0.2) is 6.61 Å². The van der Waals surface area contributed by atoms with E-state index in [9.17, 15) is 4.79 Å². The first-order chi connectivity index (χ1) is 21.0. The molecule has 0 unspecified atom stereocenters. The largest absolute Gasteiger partial charge is 0.482 e. The van der Waals surface area contributed by atoms with Crippen LogP contribution in [-0.4, -0.2) is 18.2 Å². The lowest BCUT2D eigenvalue weighted by Gasteiger charge is -2.59. The molecule has 5 nitrogen and oxygen atoms in total. The van der Waals surface area contributed by atoms with Gasteiger partial charge in [-0.3, -0.25) is 0 Å². The molecule has 0 radical (unpaired) electrons. The summed E-state index contributed by atoms with van der Waals surface area (Å²) in [5, 5.41) is 0. The second kappa shape index (κ2) is 10.7. The Bertz CT molecular complexity index is 1570. The standard InChI is InChI=1S/C37H36O5S/c1-37(26-19-24-18-25(21-26)22-27(37)20-24)42-36(38)23-39-28-10-12-29(13-11-28)40-30-14-16-31(17-15-30)43-34-8-4-2-6-32(34)41-33-7-3-5-9-35(33)43/h2-17,24-27,43H,18-23H2,1H3. The summed E-state index contributed by atoms with van der Waals surface area (Å²) < 4.78 is 24.3. The highest BCUT2D eigenvalue weighted by molar-refractivity contribution is 8.17. The van der Waals surface area contributed by atoms with E-state index in [2.05, 4.69) is 43.3 Å². The van der Waals surface area contributed by atoms with Gasteiger partial charge in [-0.2, -0.15) is 10.9 Å². The van der Waals surface area contributed by atoms with Gasteiger partial charge in [0.2, 0.25) is 0 Å². The van der Waals surface area contributed by atoms with Crippen LogP contribution in [0.15, 0.2) is 112 Å². The van der Waals surface area contributed by atoms with Crippen molar-refractivity contribution in [3.63, 3.8) is 0 Å². The van der Waals surface area contributed by atoms with E-state index in [0.29, 0.717) is 23.3 Å². The Balaban J connectivity index is 0.896. The minimum atomic E-state index is -0.732. The van der Waals surface area contributed by atoms with Crippen LogP contribution in [0.1, 0.15) is 39.0 Å². The van der Waals surface area contributed by atoms with Crippen molar-refractivity contribution in [1.29, 1.82) is 0 Å². The molecule has 0 aromatic heterocycles. The maximum absolute atomic E-state index is 12.8. The maximum Gasteiger partial charge on any atom is 0.344 e. The van der Waals surface area contributed by atoms with E-state index >= 15 is 0 Å². The van der Waals surface area contributed by atoms with E-state index in [1.807, 2.05) is 60.7 Å². The number of fused-ring (bicyclic) bond motifs is 2. The zero-order valence-corrected chi connectivity index (χ0v) is 25.2. The SMILES string of the molecule is CC1(OC(=O)COc2ccc(Oc3ccc([SH]4c5ccccc5Oc5ccccc54)cc3)cc2)C2CC3CC(C2)CC1C3. The Morgan fingerprint density at radius 2 is 1.23 bits per heavy atom. The van der Waals surface area contributed by atoms with Crippen LogP contribution in [0.2, 0.25) is 0 Å². The number of carbonyl (C=O) groups is 1. The molecule has 220 valence electrons. The first-order valence-corrected chi connectivity index (χ1v) is 16.7. The molecule has 4 fully saturated rings. The molecule has 1 aliphatic heterocycles. The Labute approximate surface area is 255 Å². The fraction of sp³-hybridized carbons (Fsp3) is 0.324. The number of esters is 1. The highest BCUT2D eigenvalue weighted by Crippen LogP contribution is 2.61. The summed E-state index contributed by atoms with van der Waals surface area (Å²) in [5.41, 5.74) is -0.334. The van der Waals surface area contributed by atoms with Crippen LogP contribution in [0.5, 0.6) is 28.7 Å². The average molecular weight is 593 g/mol. The maximum atomic E-state index is 12.8. The molecule has 0 amide bonds. The van der Waals surface area contributed by atoms with Gasteiger partial charge in [0.25, 0.3) is 0 Å². The molecule has 9 rings (SSSR count). The average Bonchev–Trinajstić information content (AvgIpc) is 3.02. The summed E-state index contributed by atoms with van der Waals surface area (Å²) in [6.45, 7) is 2.09. The lowest BCUT2D eigenvalue weighted by molar-refractivity contribution is -0.204. The lowest BCUT2D eigenvalue weighted by Crippen LogP contribution is -2.58. The van der Waals surface area contributed by atoms with Crippen LogP contribution in [-0.2, 0) is 9.53 Å². The van der Waals surface area contributed by atoms with Gasteiger partial charge < -0.3 is 18.9 Å². The minimum absolute atomic E-state index is 0.0795. The molecule has 4 aromatic rings. The number of hydrogen-bond acceptors (Lipinski definition) is 5. The van der Waals surface area contributed by atoms with Crippen LogP contribution < -0.4 is 14.2 Å². The molecule has 1 heterocycles. The molecule has 43 heavy (non-hydrogen) atoms. The van der Waals surface area contributed by atoms with Crippen molar-refractivity contribution in [3.8, 4) is 28.7 Å². The summed E-state index contributed by atoms with van der Waals surface area (Å²) in [4.78, 5) is 16.5. The Morgan fingerprint density at radius 3 is 1.81 bits per heavy atom. The van der Waals surface area contributed by atoms with E-state index in [0.717, 1.165) is 29.1 Å². The van der Waals surface area contributed by atoms with Crippen LogP contribution in [0.3, 0.4) is 0 Å². The number of hydrogen-bond donors (Lipinski definition) is 1. The van der Waals surface area contributed by atoms with Crippen molar-refractivity contribution in [2.75, 3.05) is 6.61 Å². The molecule has 4 aliphatic carbocycles. The van der Waals surface area contributed by atoms with E-state index in [4.69, 9.17) is 18.9 Å². The quantitative estimate of drug-likeness (QED) is 0.151. The number of para-hydroxylation sites is 2. The number of ether oxygens (including phenoxy) is 4. The second-order valence-electron chi connectivity index (χ2n) is 12.7. The van der Waals surface area contributed by atoms with E-state index in [-0.39, 0.29) is 18.2 Å². The van der Waals surface area contributed by atoms with Crippen LogP contribution in [0, 0.1) is 23.7 Å².